The molecule has 174 valence electrons. The van der Waals surface area contributed by atoms with Gasteiger partial charge in [-0.1, -0.05) is 0 Å². The van der Waals surface area contributed by atoms with E-state index < -0.39 is 0 Å². The molecule has 0 atom stereocenters. The predicted octanol–water partition coefficient (Wildman–Crippen LogP) is 2.90. The van der Waals surface area contributed by atoms with Crippen LogP contribution in [0.3, 0.4) is 0 Å². The molecule has 0 aliphatic heterocycles. The molecule has 5 rings (SSSR count). The minimum Gasteiger partial charge on any atom is -0.504 e. The van der Waals surface area contributed by atoms with Gasteiger partial charge in [-0.15, -0.1) is 5.10 Å². The number of fused-ring (bicyclic) bond motifs is 1. The Morgan fingerprint density at radius 3 is 2.65 bits per heavy atom. The molecule has 1 amide bonds. The third-order valence-corrected chi connectivity index (χ3v) is 5.80. The molecule has 0 spiro atoms. The van der Waals surface area contributed by atoms with E-state index in [1.807, 2.05) is 0 Å². The summed E-state index contributed by atoms with van der Waals surface area (Å²) in [5, 5.41) is 24.3. The van der Waals surface area contributed by atoms with Gasteiger partial charge < -0.3 is 26.8 Å². The van der Waals surface area contributed by atoms with Gasteiger partial charge in [0.1, 0.15) is 5.82 Å². The molecule has 0 bridgehead atoms. The van der Waals surface area contributed by atoms with Crippen LogP contribution >= 0.6 is 0 Å². The van der Waals surface area contributed by atoms with Crippen LogP contribution in [-0.4, -0.2) is 47.7 Å². The van der Waals surface area contributed by atoms with Crippen LogP contribution < -0.4 is 21.7 Å². The number of imidazole rings is 1. The van der Waals surface area contributed by atoms with Crippen LogP contribution in [0.2, 0.25) is 0 Å². The van der Waals surface area contributed by atoms with Crippen molar-refractivity contribution in [3.63, 3.8) is 0 Å². The van der Waals surface area contributed by atoms with Crippen molar-refractivity contribution >= 4 is 34.6 Å². The molecule has 1 fully saturated rings. The van der Waals surface area contributed by atoms with Crippen molar-refractivity contribution in [3.05, 3.63) is 60.8 Å². The van der Waals surface area contributed by atoms with E-state index >= 15 is 0 Å². The van der Waals surface area contributed by atoms with Crippen molar-refractivity contribution in [2.75, 3.05) is 16.0 Å². The lowest BCUT2D eigenvalue weighted by Gasteiger charge is -2.27. The summed E-state index contributed by atoms with van der Waals surface area (Å²) in [6, 6.07) is 8.83. The van der Waals surface area contributed by atoms with E-state index in [1.165, 1.54) is 16.8 Å². The zero-order chi connectivity index (χ0) is 23.5. The summed E-state index contributed by atoms with van der Waals surface area (Å²) in [6.07, 6.45) is 9.99. The van der Waals surface area contributed by atoms with Crippen LogP contribution in [0.4, 0.5) is 23.0 Å². The first-order valence-electron chi connectivity index (χ1n) is 11.1. The topological polar surface area (TPSA) is 155 Å². The van der Waals surface area contributed by atoms with Crippen molar-refractivity contribution in [2.24, 2.45) is 5.73 Å². The lowest BCUT2D eigenvalue weighted by Crippen LogP contribution is -2.33. The Morgan fingerprint density at radius 1 is 1.09 bits per heavy atom. The van der Waals surface area contributed by atoms with Crippen LogP contribution in [0.15, 0.2) is 55.1 Å². The first kappa shape index (κ1) is 21.6. The highest BCUT2D eigenvalue weighted by Gasteiger charge is 2.22. The predicted molar refractivity (Wildman–Crippen MR) is 128 cm³/mol. The van der Waals surface area contributed by atoms with Crippen molar-refractivity contribution in [2.45, 2.75) is 37.8 Å². The van der Waals surface area contributed by atoms with E-state index in [-0.39, 0.29) is 35.3 Å². The van der Waals surface area contributed by atoms with Gasteiger partial charge in [-0.3, -0.25) is 9.78 Å². The number of nitrogens with one attached hydrogen (secondary N) is 3. The SMILES string of the molecule is NC1CCC(Nc2cc(Nc3ncccc3O)c3ncc(C(=O)Nc4ccncc4)n3n2)CC1. The molecule has 11 heteroatoms. The maximum absolute atomic E-state index is 13.0. The van der Waals surface area contributed by atoms with Gasteiger partial charge in [0.05, 0.1) is 11.9 Å². The maximum atomic E-state index is 13.0. The van der Waals surface area contributed by atoms with Crippen molar-refractivity contribution in [1.82, 2.24) is 24.6 Å². The van der Waals surface area contributed by atoms with Crippen LogP contribution in [0, 0.1) is 0 Å². The van der Waals surface area contributed by atoms with Gasteiger partial charge in [0.15, 0.2) is 22.9 Å². The molecule has 0 radical (unpaired) electrons. The molecule has 0 aromatic carbocycles. The fourth-order valence-corrected chi connectivity index (χ4v) is 4.01. The quantitative estimate of drug-likeness (QED) is 0.292. The summed E-state index contributed by atoms with van der Waals surface area (Å²) >= 11 is 0. The Labute approximate surface area is 195 Å². The van der Waals surface area contributed by atoms with Crippen molar-refractivity contribution < 1.29 is 9.90 Å². The van der Waals surface area contributed by atoms with Gasteiger partial charge in [0, 0.05) is 42.4 Å². The molecule has 11 nitrogen and oxygen atoms in total. The third kappa shape index (κ3) is 4.59. The Hall–Kier alpha value is -4.25. The second kappa shape index (κ2) is 9.32. The number of anilines is 4. The van der Waals surface area contributed by atoms with Crippen molar-refractivity contribution in [1.29, 1.82) is 0 Å². The number of carbonyl (C=O) groups is 1. The van der Waals surface area contributed by atoms with E-state index in [2.05, 4.69) is 36.0 Å². The lowest BCUT2D eigenvalue weighted by atomic mass is 9.92. The summed E-state index contributed by atoms with van der Waals surface area (Å²) in [5.41, 5.74) is 7.88. The number of aromatic nitrogens is 5. The molecule has 1 aliphatic carbocycles. The number of hydrogen-bond acceptors (Lipinski definition) is 9. The number of hydrogen-bond donors (Lipinski definition) is 5. The third-order valence-electron chi connectivity index (χ3n) is 5.80. The largest absolute Gasteiger partial charge is 0.504 e. The summed E-state index contributed by atoms with van der Waals surface area (Å²) in [7, 11) is 0. The Bertz CT molecular complexity index is 1300. The monoisotopic (exact) mass is 459 g/mol. The second-order valence-corrected chi connectivity index (χ2v) is 8.26. The average Bonchev–Trinajstić information content (AvgIpc) is 3.27. The molecule has 4 aromatic rings. The highest BCUT2D eigenvalue weighted by molar-refractivity contribution is 6.03. The molecule has 1 aliphatic rings. The van der Waals surface area contributed by atoms with Crippen LogP contribution in [0.25, 0.3) is 5.65 Å². The molecule has 0 saturated heterocycles. The molecule has 4 heterocycles. The zero-order valence-electron chi connectivity index (χ0n) is 18.3. The smallest absolute Gasteiger partial charge is 0.276 e. The molecule has 1 saturated carbocycles. The number of nitrogens with zero attached hydrogens (tertiary/aromatic N) is 5. The average molecular weight is 460 g/mol. The number of aromatic hydroxyl groups is 1. The van der Waals surface area contributed by atoms with E-state index in [4.69, 9.17) is 5.73 Å². The first-order valence-corrected chi connectivity index (χ1v) is 11.1. The number of carbonyl (C=O) groups excluding carboxylic acids is 1. The molecular weight excluding hydrogens is 434 g/mol. The summed E-state index contributed by atoms with van der Waals surface area (Å²) in [5.74, 6) is 0.479. The molecule has 0 unspecified atom stereocenters. The van der Waals surface area contributed by atoms with Gasteiger partial charge in [-0.25, -0.2) is 14.5 Å². The van der Waals surface area contributed by atoms with Crippen LogP contribution in [0.1, 0.15) is 36.2 Å². The molecule has 6 N–H and O–H groups in total. The van der Waals surface area contributed by atoms with E-state index in [0.29, 0.717) is 22.8 Å². The molecule has 34 heavy (non-hydrogen) atoms. The second-order valence-electron chi connectivity index (χ2n) is 8.26. The minimum absolute atomic E-state index is 0.00421. The highest BCUT2D eigenvalue weighted by atomic mass is 16.3. The summed E-state index contributed by atoms with van der Waals surface area (Å²) < 4.78 is 1.48. The van der Waals surface area contributed by atoms with Gasteiger partial charge >= 0.3 is 0 Å². The van der Waals surface area contributed by atoms with Crippen LogP contribution in [-0.2, 0) is 0 Å². The lowest BCUT2D eigenvalue weighted by molar-refractivity contribution is 0.102. The molecular formula is C23H25N9O2. The van der Waals surface area contributed by atoms with Gasteiger partial charge in [-0.2, -0.15) is 0 Å². The number of amides is 1. The fourth-order valence-electron chi connectivity index (χ4n) is 4.01. The maximum Gasteiger partial charge on any atom is 0.276 e. The van der Waals surface area contributed by atoms with E-state index in [0.717, 1.165) is 25.7 Å². The number of rotatable bonds is 6. The Morgan fingerprint density at radius 2 is 1.88 bits per heavy atom. The zero-order valence-corrected chi connectivity index (χ0v) is 18.3. The van der Waals surface area contributed by atoms with Gasteiger partial charge in [0.25, 0.3) is 5.91 Å². The fraction of sp³-hybridized carbons (Fsp3) is 0.261. The highest BCUT2D eigenvalue weighted by Crippen LogP contribution is 2.29. The number of pyridine rings is 2. The van der Waals surface area contributed by atoms with E-state index in [1.54, 1.807) is 42.9 Å². The summed E-state index contributed by atoms with van der Waals surface area (Å²) in [4.78, 5) is 25.6. The van der Waals surface area contributed by atoms with Crippen molar-refractivity contribution in [3.8, 4) is 5.75 Å². The van der Waals surface area contributed by atoms with Crippen LogP contribution in [0.5, 0.6) is 5.75 Å². The molecule has 4 aromatic heterocycles. The minimum atomic E-state index is -0.362. The van der Waals surface area contributed by atoms with E-state index in [9.17, 15) is 9.90 Å². The van der Waals surface area contributed by atoms with Gasteiger partial charge in [-0.05, 0) is 49.9 Å². The normalized spacial score (nSPS) is 17.9. The Kier molecular flexibility index (Phi) is 5.91. The Balaban J connectivity index is 1.51. The first-order chi connectivity index (χ1) is 16.6. The standard InChI is InChI=1S/C23H25N9O2/c24-14-3-5-15(6-4-14)28-20-12-17(30-21-19(33)2-1-9-26-21)22-27-13-18(32(22)31-20)23(34)29-16-7-10-25-11-8-16/h1-2,7-15,33H,3-6,24H2,(H,26,30)(H,28,31)(H,25,29,34). The summed E-state index contributed by atoms with van der Waals surface area (Å²) in [6.45, 7) is 0. The number of nitrogens with two attached hydrogens (primary N) is 1. The van der Waals surface area contributed by atoms with Gasteiger partial charge in [0.2, 0.25) is 0 Å².